The molecule has 2 saturated carbocycles. The van der Waals surface area contributed by atoms with Crippen LogP contribution in [0.1, 0.15) is 44.9 Å². The molecule has 1 saturated heterocycles. The van der Waals surface area contributed by atoms with Gasteiger partial charge in [0.1, 0.15) is 0 Å². The third-order valence-corrected chi connectivity index (χ3v) is 5.49. The molecular formula is C16H30N2O. The second-order valence-corrected chi connectivity index (χ2v) is 7.24. The van der Waals surface area contributed by atoms with Crippen molar-refractivity contribution in [1.82, 2.24) is 9.80 Å². The molecule has 3 nitrogen and oxygen atoms in total. The predicted molar refractivity (Wildman–Crippen MR) is 78.2 cm³/mol. The van der Waals surface area contributed by atoms with E-state index in [4.69, 9.17) is 0 Å². The molecule has 0 unspecified atom stereocenters. The Hall–Kier alpha value is -0.120. The van der Waals surface area contributed by atoms with Crippen molar-refractivity contribution < 1.29 is 5.11 Å². The fourth-order valence-corrected chi connectivity index (χ4v) is 3.94. The Bertz CT molecular complexity index is 276. The van der Waals surface area contributed by atoms with Gasteiger partial charge in [0.05, 0.1) is 0 Å². The summed E-state index contributed by atoms with van der Waals surface area (Å²) in [7, 11) is 0. The van der Waals surface area contributed by atoms with Crippen LogP contribution in [-0.2, 0) is 0 Å². The van der Waals surface area contributed by atoms with E-state index in [9.17, 15) is 5.11 Å². The first-order valence-corrected chi connectivity index (χ1v) is 8.35. The number of nitrogens with zero attached hydrogens (tertiary/aromatic N) is 2. The number of piperazine rings is 1. The maximum absolute atomic E-state index is 9.81. The van der Waals surface area contributed by atoms with Crippen LogP contribution in [0, 0.1) is 11.3 Å². The molecule has 0 spiro atoms. The summed E-state index contributed by atoms with van der Waals surface area (Å²) in [5.41, 5.74) is 0.233. The summed E-state index contributed by atoms with van der Waals surface area (Å²) in [4.78, 5) is 5.27. The van der Waals surface area contributed by atoms with Crippen molar-refractivity contribution in [2.45, 2.75) is 44.9 Å². The quantitative estimate of drug-likeness (QED) is 0.824. The molecule has 1 N–H and O–H groups in total. The molecule has 1 heterocycles. The number of aliphatic hydroxyl groups excluding tert-OH is 1. The maximum atomic E-state index is 9.81. The Morgan fingerprint density at radius 3 is 2.11 bits per heavy atom. The van der Waals surface area contributed by atoms with Crippen LogP contribution in [0.4, 0.5) is 0 Å². The third-order valence-electron chi connectivity index (χ3n) is 5.49. The number of hydrogen-bond donors (Lipinski definition) is 1. The third kappa shape index (κ3) is 3.71. The van der Waals surface area contributed by atoms with Gasteiger partial charge in [-0.15, -0.1) is 0 Å². The summed E-state index contributed by atoms with van der Waals surface area (Å²) in [5, 5.41) is 9.81. The van der Waals surface area contributed by atoms with Gasteiger partial charge < -0.3 is 14.9 Å². The van der Waals surface area contributed by atoms with Crippen molar-refractivity contribution >= 4 is 0 Å². The van der Waals surface area contributed by atoms with Crippen LogP contribution in [-0.4, -0.2) is 60.8 Å². The molecule has 3 fully saturated rings. The van der Waals surface area contributed by atoms with Crippen LogP contribution in [0.5, 0.6) is 0 Å². The summed E-state index contributed by atoms with van der Waals surface area (Å²) in [6.45, 7) is 7.81. The molecular weight excluding hydrogens is 236 g/mol. The van der Waals surface area contributed by atoms with E-state index in [1.165, 1.54) is 77.7 Å². The highest BCUT2D eigenvalue weighted by molar-refractivity contribution is 4.88. The predicted octanol–water partition coefficient (Wildman–Crippen LogP) is 1.96. The zero-order chi connectivity index (χ0) is 13.1. The zero-order valence-electron chi connectivity index (χ0n) is 12.3. The van der Waals surface area contributed by atoms with Crippen LogP contribution >= 0.6 is 0 Å². The van der Waals surface area contributed by atoms with Crippen molar-refractivity contribution in [1.29, 1.82) is 0 Å². The molecule has 0 atom stereocenters. The van der Waals surface area contributed by atoms with E-state index < -0.39 is 0 Å². The van der Waals surface area contributed by atoms with Crippen LogP contribution in [0.15, 0.2) is 0 Å². The lowest BCUT2D eigenvalue weighted by Gasteiger charge is -2.43. The SMILES string of the molecule is OCC1(CN2CCN(CC3CC3)CC2)CCCCC1. The van der Waals surface area contributed by atoms with Gasteiger partial charge in [0.15, 0.2) is 0 Å². The van der Waals surface area contributed by atoms with E-state index >= 15 is 0 Å². The van der Waals surface area contributed by atoms with E-state index in [1.54, 1.807) is 0 Å². The summed E-state index contributed by atoms with van der Waals surface area (Å²) in [6.07, 6.45) is 9.43. The van der Waals surface area contributed by atoms with Crippen molar-refractivity contribution in [3.05, 3.63) is 0 Å². The van der Waals surface area contributed by atoms with Crippen molar-refractivity contribution in [2.75, 3.05) is 45.9 Å². The van der Waals surface area contributed by atoms with Crippen molar-refractivity contribution in [2.24, 2.45) is 11.3 Å². The van der Waals surface area contributed by atoms with E-state index in [0.29, 0.717) is 6.61 Å². The molecule has 110 valence electrons. The molecule has 0 aromatic carbocycles. The molecule has 0 aromatic rings. The van der Waals surface area contributed by atoms with Crippen LogP contribution in [0.25, 0.3) is 0 Å². The standard InChI is InChI=1S/C16H30N2O/c19-14-16(6-2-1-3-7-16)13-18-10-8-17(9-11-18)12-15-4-5-15/h15,19H,1-14H2. The Morgan fingerprint density at radius 1 is 0.895 bits per heavy atom. The minimum absolute atomic E-state index is 0.233. The lowest BCUT2D eigenvalue weighted by Crippen LogP contribution is -2.51. The van der Waals surface area contributed by atoms with Gasteiger partial charge in [0.25, 0.3) is 0 Å². The first kappa shape index (κ1) is 13.8. The van der Waals surface area contributed by atoms with E-state index in [0.717, 1.165) is 12.5 Å². The monoisotopic (exact) mass is 266 g/mol. The van der Waals surface area contributed by atoms with E-state index in [2.05, 4.69) is 9.80 Å². The molecule has 3 rings (SSSR count). The van der Waals surface area contributed by atoms with Crippen molar-refractivity contribution in [3.63, 3.8) is 0 Å². The minimum atomic E-state index is 0.233. The average molecular weight is 266 g/mol. The first-order valence-electron chi connectivity index (χ1n) is 8.35. The summed E-state index contributed by atoms with van der Waals surface area (Å²) < 4.78 is 0. The summed E-state index contributed by atoms with van der Waals surface area (Å²) in [5.74, 6) is 1.02. The van der Waals surface area contributed by atoms with Crippen LogP contribution < -0.4 is 0 Å². The molecule has 3 heteroatoms. The Morgan fingerprint density at radius 2 is 1.53 bits per heavy atom. The van der Waals surface area contributed by atoms with Crippen molar-refractivity contribution in [3.8, 4) is 0 Å². The molecule has 0 radical (unpaired) electrons. The molecule has 3 aliphatic rings. The van der Waals surface area contributed by atoms with E-state index in [-0.39, 0.29) is 5.41 Å². The molecule has 19 heavy (non-hydrogen) atoms. The highest BCUT2D eigenvalue weighted by Crippen LogP contribution is 2.37. The Balaban J connectivity index is 1.44. The smallest absolute Gasteiger partial charge is 0.0499 e. The molecule has 1 aliphatic heterocycles. The highest BCUT2D eigenvalue weighted by atomic mass is 16.3. The molecule has 0 aromatic heterocycles. The number of rotatable bonds is 5. The number of hydrogen-bond acceptors (Lipinski definition) is 3. The van der Waals surface area contributed by atoms with Gasteiger partial charge in [-0.1, -0.05) is 19.3 Å². The average Bonchev–Trinajstić information content (AvgIpc) is 3.26. The van der Waals surface area contributed by atoms with Gasteiger partial charge in [0, 0.05) is 51.3 Å². The van der Waals surface area contributed by atoms with Gasteiger partial charge in [-0.3, -0.25) is 0 Å². The topological polar surface area (TPSA) is 26.7 Å². The second kappa shape index (κ2) is 6.11. The second-order valence-electron chi connectivity index (χ2n) is 7.24. The minimum Gasteiger partial charge on any atom is -0.396 e. The van der Waals surface area contributed by atoms with Gasteiger partial charge in [-0.2, -0.15) is 0 Å². The van der Waals surface area contributed by atoms with Gasteiger partial charge in [-0.25, -0.2) is 0 Å². The largest absolute Gasteiger partial charge is 0.396 e. The Kier molecular flexibility index (Phi) is 4.45. The lowest BCUT2D eigenvalue weighted by atomic mass is 9.74. The fraction of sp³-hybridized carbons (Fsp3) is 1.00. The normalized spacial score (nSPS) is 29.5. The first-order chi connectivity index (χ1) is 9.30. The van der Waals surface area contributed by atoms with Gasteiger partial charge in [-0.05, 0) is 31.6 Å². The zero-order valence-corrected chi connectivity index (χ0v) is 12.3. The molecule has 0 bridgehead atoms. The van der Waals surface area contributed by atoms with E-state index in [1.807, 2.05) is 0 Å². The van der Waals surface area contributed by atoms with Crippen LogP contribution in [0.2, 0.25) is 0 Å². The lowest BCUT2D eigenvalue weighted by molar-refractivity contribution is 0.0211. The van der Waals surface area contributed by atoms with Gasteiger partial charge >= 0.3 is 0 Å². The summed E-state index contributed by atoms with van der Waals surface area (Å²) in [6, 6.07) is 0. The Labute approximate surface area is 118 Å². The molecule has 0 amide bonds. The number of aliphatic hydroxyl groups is 1. The maximum Gasteiger partial charge on any atom is 0.0499 e. The fourth-order valence-electron chi connectivity index (χ4n) is 3.94. The highest BCUT2D eigenvalue weighted by Gasteiger charge is 2.34. The molecule has 2 aliphatic carbocycles. The summed E-state index contributed by atoms with van der Waals surface area (Å²) >= 11 is 0. The van der Waals surface area contributed by atoms with Crippen LogP contribution in [0.3, 0.4) is 0 Å². The van der Waals surface area contributed by atoms with Gasteiger partial charge in [0.2, 0.25) is 0 Å².